The minimum Gasteiger partial charge on any atom is -0.0914 e. The number of allylic oxidation sites excluding steroid dienone is 2. The summed E-state index contributed by atoms with van der Waals surface area (Å²) in [5, 5.41) is 0. The van der Waals surface area contributed by atoms with E-state index in [2.05, 4.69) is 39.8 Å². The largest absolute Gasteiger partial charge is 0.0914 e. The summed E-state index contributed by atoms with van der Waals surface area (Å²) in [4.78, 5) is 0. The maximum Gasteiger partial charge on any atom is -0.0211 e. The van der Waals surface area contributed by atoms with E-state index in [0.717, 1.165) is 11.8 Å². The maximum absolute atomic E-state index is 2.33. The van der Waals surface area contributed by atoms with Crippen molar-refractivity contribution < 1.29 is 0 Å². The summed E-state index contributed by atoms with van der Waals surface area (Å²) in [5.74, 6) is 1.60. The quantitative estimate of drug-likeness (QED) is 0.523. The van der Waals surface area contributed by atoms with E-state index in [1.54, 1.807) is 0 Å². The van der Waals surface area contributed by atoms with Crippen LogP contribution in [0.1, 0.15) is 40.5 Å². The number of rotatable bonds is 4. The van der Waals surface area contributed by atoms with E-state index in [9.17, 15) is 0 Å². The van der Waals surface area contributed by atoms with Gasteiger partial charge in [0.15, 0.2) is 0 Å². The Bertz CT molecular complexity index is 90.2. The number of hydrogen-bond acceptors (Lipinski definition) is 0. The van der Waals surface area contributed by atoms with E-state index in [1.165, 1.54) is 12.8 Å². The highest BCUT2D eigenvalue weighted by molar-refractivity contribution is 4.86. The fourth-order valence-corrected chi connectivity index (χ4v) is 1.23. The SMILES string of the molecule is C/C=C/[C@@H](CCC)C(C)C. The second-order valence-corrected chi connectivity index (χ2v) is 3.22. The standard InChI is InChI=1S/C10H20/c1-5-7-10(8-6-2)9(3)4/h5,7,9-10H,6,8H2,1-4H3/b7-5+/t10-/m0/s1. The van der Waals surface area contributed by atoms with Gasteiger partial charge >= 0.3 is 0 Å². The van der Waals surface area contributed by atoms with Crippen molar-refractivity contribution in [2.75, 3.05) is 0 Å². The molecule has 0 aliphatic rings. The summed E-state index contributed by atoms with van der Waals surface area (Å²) in [6, 6.07) is 0. The summed E-state index contributed by atoms with van der Waals surface area (Å²) in [6.45, 7) is 8.94. The Hall–Kier alpha value is -0.260. The molecule has 0 saturated carbocycles. The van der Waals surface area contributed by atoms with E-state index in [1.807, 2.05) is 0 Å². The average Bonchev–Trinajstić information content (AvgIpc) is 1.87. The normalized spacial score (nSPS) is 14.9. The van der Waals surface area contributed by atoms with E-state index in [4.69, 9.17) is 0 Å². The van der Waals surface area contributed by atoms with E-state index < -0.39 is 0 Å². The van der Waals surface area contributed by atoms with Crippen LogP contribution in [0.3, 0.4) is 0 Å². The van der Waals surface area contributed by atoms with Gasteiger partial charge in [-0.3, -0.25) is 0 Å². The molecule has 0 spiro atoms. The van der Waals surface area contributed by atoms with Gasteiger partial charge < -0.3 is 0 Å². The topological polar surface area (TPSA) is 0 Å². The lowest BCUT2D eigenvalue weighted by atomic mass is 9.91. The van der Waals surface area contributed by atoms with Crippen LogP contribution in [0.15, 0.2) is 12.2 Å². The molecule has 0 nitrogen and oxygen atoms in total. The first-order chi connectivity index (χ1) is 4.72. The Kier molecular flexibility index (Phi) is 5.38. The molecule has 1 atom stereocenters. The fourth-order valence-electron chi connectivity index (χ4n) is 1.23. The van der Waals surface area contributed by atoms with E-state index in [0.29, 0.717) is 0 Å². The van der Waals surface area contributed by atoms with Gasteiger partial charge in [-0.1, -0.05) is 39.3 Å². The predicted molar refractivity (Wildman–Crippen MR) is 48.1 cm³/mol. The molecule has 0 N–H and O–H groups in total. The Morgan fingerprint density at radius 3 is 2.20 bits per heavy atom. The van der Waals surface area contributed by atoms with Crippen LogP contribution in [0.25, 0.3) is 0 Å². The van der Waals surface area contributed by atoms with Crippen LogP contribution in [0.5, 0.6) is 0 Å². The van der Waals surface area contributed by atoms with Crippen LogP contribution in [0.2, 0.25) is 0 Å². The van der Waals surface area contributed by atoms with Gasteiger partial charge in [-0.2, -0.15) is 0 Å². The zero-order chi connectivity index (χ0) is 7.98. The lowest BCUT2D eigenvalue weighted by Gasteiger charge is -2.14. The summed E-state index contributed by atoms with van der Waals surface area (Å²) in [6.07, 6.45) is 7.13. The Balaban J connectivity index is 3.72. The van der Waals surface area contributed by atoms with Crippen molar-refractivity contribution >= 4 is 0 Å². The molecule has 0 aliphatic heterocycles. The third kappa shape index (κ3) is 3.71. The molecule has 0 radical (unpaired) electrons. The average molecular weight is 140 g/mol. The summed E-state index contributed by atoms with van der Waals surface area (Å²) < 4.78 is 0. The zero-order valence-corrected chi connectivity index (χ0v) is 7.72. The van der Waals surface area contributed by atoms with Crippen LogP contribution < -0.4 is 0 Å². The molecule has 0 aromatic rings. The van der Waals surface area contributed by atoms with Crippen molar-refractivity contribution in [2.24, 2.45) is 11.8 Å². The van der Waals surface area contributed by atoms with Crippen LogP contribution in [0, 0.1) is 11.8 Å². The van der Waals surface area contributed by atoms with Gasteiger partial charge in [0.1, 0.15) is 0 Å². The molecule has 0 rings (SSSR count). The van der Waals surface area contributed by atoms with Gasteiger partial charge in [0.05, 0.1) is 0 Å². The number of hydrogen-bond donors (Lipinski definition) is 0. The molecule has 0 bridgehead atoms. The Labute approximate surface area is 65.3 Å². The van der Waals surface area contributed by atoms with Gasteiger partial charge in [0, 0.05) is 0 Å². The van der Waals surface area contributed by atoms with Gasteiger partial charge in [-0.15, -0.1) is 0 Å². The smallest absolute Gasteiger partial charge is 0.0211 e. The molecule has 0 amide bonds. The molecule has 0 aromatic carbocycles. The Morgan fingerprint density at radius 1 is 1.30 bits per heavy atom. The molecule has 0 aliphatic carbocycles. The molecule has 0 heterocycles. The summed E-state index contributed by atoms with van der Waals surface area (Å²) in [5.41, 5.74) is 0. The first kappa shape index (κ1) is 9.74. The van der Waals surface area contributed by atoms with Crippen molar-refractivity contribution in [2.45, 2.75) is 40.5 Å². The van der Waals surface area contributed by atoms with Crippen molar-refractivity contribution in [1.29, 1.82) is 0 Å². The maximum atomic E-state index is 2.33. The van der Waals surface area contributed by atoms with Gasteiger partial charge in [-0.05, 0) is 25.2 Å². The molecule has 0 aromatic heterocycles. The molecule has 0 unspecified atom stereocenters. The second-order valence-electron chi connectivity index (χ2n) is 3.22. The van der Waals surface area contributed by atoms with Gasteiger partial charge in [-0.25, -0.2) is 0 Å². The second kappa shape index (κ2) is 5.52. The molecule has 0 saturated heterocycles. The molecule has 0 heteroatoms. The van der Waals surface area contributed by atoms with Crippen molar-refractivity contribution in [3.8, 4) is 0 Å². The lowest BCUT2D eigenvalue weighted by Crippen LogP contribution is -2.04. The minimum absolute atomic E-state index is 0.801. The molecule has 0 fully saturated rings. The van der Waals surface area contributed by atoms with Crippen LogP contribution in [-0.4, -0.2) is 0 Å². The molecule has 60 valence electrons. The zero-order valence-electron chi connectivity index (χ0n) is 7.72. The molecule has 10 heavy (non-hydrogen) atoms. The third-order valence-corrected chi connectivity index (χ3v) is 1.92. The summed E-state index contributed by atoms with van der Waals surface area (Å²) >= 11 is 0. The highest BCUT2D eigenvalue weighted by Crippen LogP contribution is 2.17. The van der Waals surface area contributed by atoms with Crippen LogP contribution in [0.4, 0.5) is 0 Å². The first-order valence-electron chi connectivity index (χ1n) is 4.35. The Morgan fingerprint density at radius 2 is 1.90 bits per heavy atom. The van der Waals surface area contributed by atoms with Crippen LogP contribution >= 0.6 is 0 Å². The van der Waals surface area contributed by atoms with E-state index in [-0.39, 0.29) is 0 Å². The van der Waals surface area contributed by atoms with Gasteiger partial charge in [0.25, 0.3) is 0 Å². The van der Waals surface area contributed by atoms with Crippen molar-refractivity contribution in [1.82, 2.24) is 0 Å². The third-order valence-electron chi connectivity index (χ3n) is 1.92. The first-order valence-corrected chi connectivity index (χ1v) is 4.35. The van der Waals surface area contributed by atoms with E-state index >= 15 is 0 Å². The van der Waals surface area contributed by atoms with Crippen molar-refractivity contribution in [3.63, 3.8) is 0 Å². The lowest BCUT2D eigenvalue weighted by molar-refractivity contribution is 0.432. The van der Waals surface area contributed by atoms with Gasteiger partial charge in [0.2, 0.25) is 0 Å². The predicted octanol–water partition coefficient (Wildman–Crippen LogP) is 3.63. The molecular formula is C10H20. The highest BCUT2D eigenvalue weighted by Gasteiger charge is 2.06. The molecular weight excluding hydrogens is 120 g/mol. The fraction of sp³-hybridized carbons (Fsp3) is 0.800. The highest BCUT2D eigenvalue weighted by atomic mass is 14.1. The monoisotopic (exact) mass is 140 g/mol. The minimum atomic E-state index is 0.801. The van der Waals surface area contributed by atoms with Crippen molar-refractivity contribution in [3.05, 3.63) is 12.2 Å². The van der Waals surface area contributed by atoms with Crippen LogP contribution in [-0.2, 0) is 0 Å². The summed E-state index contributed by atoms with van der Waals surface area (Å²) in [7, 11) is 0.